The van der Waals surface area contributed by atoms with Gasteiger partial charge in [-0.25, -0.2) is 4.98 Å². The van der Waals surface area contributed by atoms with Crippen molar-refractivity contribution in [2.45, 2.75) is 58.4 Å². The maximum absolute atomic E-state index is 5.99. The van der Waals surface area contributed by atoms with Gasteiger partial charge in [0.05, 0.1) is 5.69 Å². The lowest BCUT2D eigenvalue weighted by Crippen LogP contribution is -2.08. The third kappa shape index (κ3) is 2.59. The fourth-order valence-corrected chi connectivity index (χ4v) is 3.66. The first-order chi connectivity index (χ1) is 10.2. The van der Waals surface area contributed by atoms with Gasteiger partial charge in [0.25, 0.3) is 0 Å². The summed E-state index contributed by atoms with van der Waals surface area (Å²) in [4.78, 5) is 4.89. The minimum Gasteiger partial charge on any atom is -0.309 e. The second-order valence-corrected chi connectivity index (χ2v) is 6.56. The Labute approximate surface area is 131 Å². The molecule has 2 aromatic heterocycles. The van der Waals surface area contributed by atoms with E-state index in [-0.39, 0.29) is 0 Å². The summed E-state index contributed by atoms with van der Waals surface area (Å²) in [5, 5.41) is 4.68. The number of aromatic nitrogens is 4. The summed E-state index contributed by atoms with van der Waals surface area (Å²) in [6, 6.07) is 0.609. The molecule has 1 aliphatic rings. The van der Waals surface area contributed by atoms with Crippen molar-refractivity contribution in [2.24, 2.45) is 13.0 Å². The van der Waals surface area contributed by atoms with E-state index in [2.05, 4.69) is 23.5 Å². The van der Waals surface area contributed by atoms with Crippen molar-refractivity contribution in [3.63, 3.8) is 0 Å². The van der Waals surface area contributed by atoms with E-state index < -0.39 is 0 Å². The average Bonchev–Trinajstić information content (AvgIpc) is 2.99. The van der Waals surface area contributed by atoms with Crippen molar-refractivity contribution in [3.8, 4) is 0 Å². The predicted molar refractivity (Wildman–Crippen MR) is 87.0 cm³/mol. The normalized spacial score (nSPS) is 21.3. The molecule has 0 bridgehead atoms. The van der Waals surface area contributed by atoms with Crippen LogP contribution in [0.15, 0.2) is 0 Å². The third-order valence-corrected chi connectivity index (χ3v) is 4.68. The van der Waals surface area contributed by atoms with Gasteiger partial charge in [0, 0.05) is 25.4 Å². The van der Waals surface area contributed by atoms with E-state index in [0.717, 1.165) is 42.2 Å². The molecule has 0 aromatic carbocycles. The Morgan fingerprint density at radius 2 is 2.05 bits per heavy atom. The summed E-state index contributed by atoms with van der Waals surface area (Å²) < 4.78 is 4.45. The minimum absolute atomic E-state index is 0.609. The van der Waals surface area contributed by atoms with Gasteiger partial charge in [-0.05, 0) is 25.2 Å². The first-order valence-electron chi connectivity index (χ1n) is 8.19. The lowest BCUT2D eigenvalue weighted by molar-refractivity contribution is 0.586. The predicted octanol–water partition coefficient (Wildman–Crippen LogP) is 3.86. The summed E-state index contributed by atoms with van der Waals surface area (Å²) in [5.41, 5.74) is 3.43. The first-order valence-corrected chi connectivity index (χ1v) is 8.73. The van der Waals surface area contributed by atoms with Crippen molar-refractivity contribution < 1.29 is 0 Å². The average molecular weight is 309 g/mol. The Hall–Kier alpha value is -1.03. The zero-order chi connectivity index (χ0) is 15.0. The van der Waals surface area contributed by atoms with Crippen molar-refractivity contribution in [3.05, 3.63) is 11.5 Å². The standard InChI is InChI=1S/C16H25ClN4/c1-4-6-11-10-13(11)21-14(8-9-17)18-15-12(7-5-2)19-20(3)16(15)21/h11,13H,4-10H2,1-3H3. The van der Waals surface area contributed by atoms with E-state index in [1.54, 1.807) is 0 Å². The highest BCUT2D eigenvalue weighted by molar-refractivity contribution is 6.17. The zero-order valence-corrected chi connectivity index (χ0v) is 14.0. The molecule has 1 fully saturated rings. The van der Waals surface area contributed by atoms with Crippen molar-refractivity contribution in [1.82, 2.24) is 19.3 Å². The summed E-state index contributed by atoms with van der Waals surface area (Å²) in [6.45, 7) is 4.46. The van der Waals surface area contributed by atoms with Crippen LogP contribution in [-0.4, -0.2) is 25.2 Å². The molecule has 1 saturated carbocycles. The lowest BCUT2D eigenvalue weighted by Gasteiger charge is -2.08. The summed E-state index contributed by atoms with van der Waals surface area (Å²) >= 11 is 5.99. The monoisotopic (exact) mass is 308 g/mol. The van der Waals surface area contributed by atoms with Crippen LogP contribution >= 0.6 is 11.6 Å². The minimum atomic E-state index is 0.609. The molecule has 0 radical (unpaired) electrons. The van der Waals surface area contributed by atoms with Crippen molar-refractivity contribution in [1.29, 1.82) is 0 Å². The second-order valence-electron chi connectivity index (χ2n) is 6.18. The number of rotatable bonds is 7. The Bertz CT molecular complexity index is 628. The van der Waals surface area contributed by atoms with Crippen LogP contribution in [-0.2, 0) is 19.9 Å². The van der Waals surface area contributed by atoms with E-state index in [1.807, 2.05) is 11.7 Å². The molecule has 2 aromatic rings. The topological polar surface area (TPSA) is 35.6 Å². The van der Waals surface area contributed by atoms with Crippen LogP contribution in [0.5, 0.6) is 0 Å². The number of hydrogen-bond donors (Lipinski definition) is 0. The first kappa shape index (κ1) is 14.9. The van der Waals surface area contributed by atoms with Crippen LogP contribution in [0, 0.1) is 5.92 Å². The summed E-state index contributed by atoms with van der Waals surface area (Å²) in [5.74, 6) is 2.59. The van der Waals surface area contributed by atoms with Gasteiger partial charge in [0.15, 0.2) is 5.65 Å². The summed E-state index contributed by atoms with van der Waals surface area (Å²) in [7, 11) is 2.04. The molecule has 0 saturated heterocycles. The second kappa shape index (κ2) is 5.99. The SMILES string of the molecule is CCCc1nn(C)c2c1nc(CCCl)n2C1CC1CCC. The van der Waals surface area contributed by atoms with Gasteiger partial charge in [-0.15, -0.1) is 11.6 Å². The molecule has 4 nitrogen and oxygen atoms in total. The van der Waals surface area contributed by atoms with Gasteiger partial charge >= 0.3 is 0 Å². The van der Waals surface area contributed by atoms with E-state index in [1.165, 1.54) is 24.9 Å². The molecule has 21 heavy (non-hydrogen) atoms. The third-order valence-electron chi connectivity index (χ3n) is 4.49. The van der Waals surface area contributed by atoms with Crippen LogP contribution < -0.4 is 0 Å². The van der Waals surface area contributed by atoms with E-state index in [9.17, 15) is 0 Å². The van der Waals surface area contributed by atoms with Gasteiger partial charge < -0.3 is 4.57 Å². The highest BCUT2D eigenvalue weighted by atomic mass is 35.5. The van der Waals surface area contributed by atoms with Crippen LogP contribution in [0.3, 0.4) is 0 Å². The maximum atomic E-state index is 5.99. The molecule has 5 heteroatoms. The van der Waals surface area contributed by atoms with Gasteiger partial charge in [0.2, 0.25) is 0 Å². The van der Waals surface area contributed by atoms with Gasteiger partial charge in [-0.3, -0.25) is 4.68 Å². The number of alkyl halides is 1. The molecule has 0 amide bonds. The Morgan fingerprint density at radius 1 is 1.24 bits per heavy atom. The molecule has 0 aliphatic heterocycles. The number of aryl methyl sites for hydroxylation is 3. The van der Waals surface area contributed by atoms with Crippen LogP contribution in [0.25, 0.3) is 11.2 Å². The molecular weight excluding hydrogens is 284 g/mol. The van der Waals surface area contributed by atoms with Crippen LogP contribution in [0.4, 0.5) is 0 Å². The highest BCUT2D eigenvalue weighted by Crippen LogP contribution is 2.48. The van der Waals surface area contributed by atoms with Gasteiger partial charge in [0.1, 0.15) is 11.3 Å². The largest absolute Gasteiger partial charge is 0.309 e. The Balaban J connectivity index is 2.05. The molecule has 3 rings (SSSR count). The molecule has 0 spiro atoms. The van der Waals surface area contributed by atoms with E-state index >= 15 is 0 Å². The quantitative estimate of drug-likeness (QED) is 0.728. The number of imidazole rings is 1. The van der Waals surface area contributed by atoms with Gasteiger partial charge in [-0.2, -0.15) is 5.10 Å². The number of halogens is 1. The van der Waals surface area contributed by atoms with Crippen LogP contribution in [0.1, 0.15) is 57.1 Å². The van der Waals surface area contributed by atoms with Crippen LogP contribution in [0.2, 0.25) is 0 Å². The molecule has 2 heterocycles. The molecular formula is C16H25ClN4. The van der Waals surface area contributed by atoms with Crippen molar-refractivity contribution in [2.75, 3.05) is 5.88 Å². The lowest BCUT2D eigenvalue weighted by atomic mass is 10.2. The number of hydrogen-bond acceptors (Lipinski definition) is 2. The Kier molecular flexibility index (Phi) is 4.25. The number of fused-ring (bicyclic) bond motifs is 1. The smallest absolute Gasteiger partial charge is 0.158 e. The fourth-order valence-electron chi connectivity index (χ4n) is 3.49. The van der Waals surface area contributed by atoms with E-state index in [0.29, 0.717) is 11.9 Å². The molecule has 2 atom stereocenters. The number of nitrogens with zero attached hydrogens (tertiary/aromatic N) is 4. The zero-order valence-electron chi connectivity index (χ0n) is 13.3. The molecule has 2 unspecified atom stereocenters. The van der Waals surface area contributed by atoms with E-state index in [4.69, 9.17) is 16.6 Å². The molecule has 1 aliphatic carbocycles. The van der Waals surface area contributed by atoms with Gasteiger partial charge in [-0.1, -0.05) is 26.7 Å². The highest BCUT2D eigenvalue weighted by Gasteiger charge is 2.40. The maximum Gasteiger partial charge on any atom is 0.158 e. The Morgan fingerprint density at radius 3 is 2.71 bits per heavy atom. The van der Waals surface area contributed by atoms with Crippen molar-refractivity contribution >= 4 is 22.8 Å². The molecule has 0 N–H and O–H groups in total. The fraction of sp³-hybridized carbons (Fsp3) is 0.750. The summed E-state index contributed by atoms with van der Waals surface area (Å²) in [6.07, 6.45) is 6.80. The molecule has 116 valence electrons.